The van der Waals surface area contributed by atoms with Crippen LogP contribution in [0, 0.1) is 0 Å². The zero-order chi connectivity index (χ0) is 33.6. The molecule has 1 amide bonds. The number of likely N-dealkylation sites (N-methyl/N-ethyl adjacent to an activating group) is 1. The summed E-state index contributed by atoms with van der Waals surface area (Å²) in [5.41, 5.74) is -1.72. The number of aromatic nitrogens is 4. The molecule has 4 heterocycles. The SMILES string of the molecule is C=CC(=O)N1C[C@H](C)N(c2nc(OC[C@@H]3CCCN3C)nc3c(=O)n(-c4cc(OC)cc5ccccc45)c(C(F)(F)F)nc23)[C@@H](C)C1. The molecule has 47 heavy (non-hydrogen) atoms. The summed E-state index contributed by atoms with van der Waals surface area (Å²) in [6.07, 6.45) is -1.91. The molecule has 4 aromatic rings. The fourth-order valence-electron chi connectivity index (χ4n) is 6.67. The number of benzene rings is 2. The maximum atomic E-state index is 14.9. The summed E-state index contributed by atoms with van der Waals surface area (Å²) in [6, 6.07) is 8.97. The molecule has 0 bridgehead atoms. The average molecular weight is 652 g/mol. The summed E-state index contributed by atoms with van der Waals surface area (Å²) in [7, 11) is 3.39. The van der Waals surface area contributed by atoms with E-state index in [0.717, 1.165) is 19.4 Å². The summed E-state index contributed by atoms with van der Waals surface area (Å²) in [4.78, 5) is 45.6. The van der Waals surface area contributed by atoms with Gasteiger partial charge in [0.25, 0.3) is 5.56 Å². The topological polar surface area (TPSA) is 106 Å². The van der Waals surface area contributed by atoms with Crippen molar-refractivity contribution in [3.8, 4) is 17.4 Å². The van der Waals surface area contributed by atoms with Gasteiger partial charge < -0.3 is 24.2 Å². The van der Waals surface area contributed by atoms with Crippen LogP contribution in [0.3, 0.4) is 0 Å². The number of anilines is 1. The van der Waals surface area contributed by atoms with Gasteiger partial charge in [0.2, 0.25) is 11.7 Å². The van der Waals surface area contributed by atoms with Gasteiger partial charge in [-0.1, -0.05) is 30.8 Å². The van der Waals surface area contributed by atoms with Gasteiger partial charge in [0.1, 0.15) is 17.9 Å². The highest BCUT2D eigenvalue weighted by Gasteiger charge is 2.41. The molecule has 0 aliphatic carbocycles. The van der Waals surface area contributed by atoms with Gasteiger partial charge in [0.15, 0.2) is 11.3 Å². The minimum absolute atomic E-state index is 0.0285. The second-order valence-corrected chi connectivity index (χ2v) is 12.1. The predicted octanol–water partition coefficient (Wildman–Crippen LogP) is 4.44. The Morgan fingerprint density at radius 2 is 1.81 bits per heavy atom. The number of likely N-dealkylation sites (tertiary alicyclic amines) is 1. The van der Waals surface area contributed by atoms with Crippen molar-refractivity contribution in [3.05, 3.63) is 65.2 Å². The van der Waals surface area contributed by atoms with E-state index >= 15 is 0 Å². The maximum Gasteiger partial charge on any atom is 0.450 e. The van der Waals surface area contributed by atoms with E-state index in [2.05, 4.69) is 26.4 Å². The molecule has 2 aliphatic heterocycles. The van der Waals surface area contributed by atoms with E-state index in [1.54, 1.807) is 40.1 Å². The van der Waals surface area contributed by atoms with Gasteiger partial charge in [-0.2, -0.15) is 23.1 Å². The number of carbonyl (C=O) groups excluding carboxylic acids is 1. The first-order valence-electron chi connectivity index (χ1n) is 15.4. The number of piperazine rings is 1. The average Bonchev–Trinajstić information content (AvgIpc) is 3.46. The standard InChI is InChI=1S/C33H36F3N7O4/c1-6-26(44)41-16-19(2)42(20(3)17-41)29-27-28(38-32(39-29)47-18-22-11-9-13-40(22)4)30(45)43(31(37-27)33(34,35)36)25-15-23(46-5)14-21-10-7-8-12-24(21)25/h6-8,10,12,14-15,19-20,22H,1,9,11,13,16-18H2,2-5H3/t19-,20-,22-/m0/s1. The highest BCUT2D eigenvalue weighted by Crippen LogP contribution is 2.36. The number of carbonyl (C=O) groups is 1. The molecule has 2 aliphatic rings. The Labute approximate surface area is 269 Å². The molecule has 0 unspecified atom stereocenters. The molecule has 2 fully saturated rings. The Morgan fingerprint density at radius 1 is 1.09 bits per heavy atom. The van der Waals surface area contributed by atoms with Crippen molar-refractivity contribution in [2.45, 2.75) is 51.0 Å². The number of nitrogens with zero attached hydrogens (tertiary/aromatic N) is 7. The Hall–Kier alpha value is -4.72. The Bertz CT molecular complexity index is 1900. The lowest BCUT2D eigenvalue weighted by Gasteiger charge is -2.45. The molecule has 0 radical (unpaired) electrons. The third kappa shape index (κ3) is 5.97. The number of amides is 1. The quantitative estimate of drug-likeness (QED) is 0.268. The van der Waals surface area contributed by atoms with Crippen LogP contribution >= 0.6 is 0 Å². The van der Waals surface area contributed by atoms with Gasteiger partial charge in [0.05, 0.1) is 12.8 Å². The fraction of sp³-hybridized carbons (Fsp3) is 0.424. The highest BCUT2D eigenvalue weighted by atomic mass is 19.4. The molecule has 2 saturated heterocycles. The van der Waals surface area contributed by atoms with Crippen molar-refractivity contribution < 1.29 is 27.4 Å². The predicted molar refractivity (Wildman–Crippen MR) is 171 cm³/mol. The van der Waals surface area contributed by atoms with Crippen LogP contribution in [0.15, 0.2) is 53.8 Å². The van der Waals surface area contributed by atoms with Gasteiger partial charge in [0, 0.05) is 42.7 Å². The molecule has 3 atom stereocenters. The molecule has 0 N–H and O–H groups in total. The van der Waals surface area contributed by atoms with E-state index in [0.29, 0.717) is 15.3 Å². The van der Waals surface area contributed by atoms with Crippen molar-refractivity contribution in [2.24, 2.45) is 0 Å². The molecule has 6 rings (SSSR count). The van der Waals surface area contributed by atoms with E-state index in [1.807, 2.05) is 20.9 Å². The van der Waals surface area contributed by atoms with E-state index in [9.17, 15) is 22.8 Å². The van der Waals surface area contributed by atoms with Crippen molar-refractivity contribution in [1.82, 2.24) is 29.3 Å². The Morgan fingerprint density at radius 3 is 2.45 bits per heavy atom. The first-order valence-corrected chi connectivity index (χ1v) is 15.4. The highest BCUT2D eigenvalue weighted by molar-refractivity contribution is 5.93. The minimum atomic E-state index is -5.04. The Balaban J connectivity index is 1.61. The lowest BCUT2D eigenvalue weighted by Crippen LogP contribution is -2.58. The van der Waals surface area contributed by atoms with Crippen molar-refractivity contribution >= 4 is 33.5 Å². The van der Waals surface area contributed by atoms with E-state index in [-0.39, 0.29) is 65.9 Å². The number of hydrogen-bond acceptors (Lipinski definition) is 9. The van der Waals surface area contributed by atoms with Crippen LogP contribution < -0.4 is 19.9 Å². The van der Waals surface area contributed by atoms with Crippen LogP contribution in [-0.2, 0) is 11.0 Å². The molecule has 11 nitrogen and oxygen atoms in total. The van der Waals surface area contributed by atoms with Crippen LogP contribution in [0.1, 0.15) is 32.5 Å². The second kappa shape index (κ2) is 12.5. The van der Waals surface area contributed by atoms with Crippen LogP contribution in [0.25, 0.3) is 27.5 Å². The van der Waals surface area contributed by atoms with E-state index in [4.69, 9.17) is 9.47 Å². The van der Waals surface area contributed by atoms with Gasteiger partial charge in [-0.3, -0.25) is 14.2 Å². The molecular formula is C33H36F3N7O4. The lowest BCUT2D eigenvalue weighted by molar-refractivity contribution is -0.146. The van der Waals surface area contributed by atoms with E-state index in [1.165, 1.54) is 19.3 Å². The minimum Gasteiger partial charge on any atom is -0.497 e. The third-order valence-electron chi connectivity index (χ3n) is 8.95. The van der Waals surface area contributed by atoms with Crippen LogP contribution in [0.5, 0.6) is 11.8 Å². The van der Waals surface area contributed by atoms with Gasteiger partial charge in [-0.25, -0.2) is 4.98 Å². The number of hydrogen-bond donors (Lipinski definition) is 0. The van der Waals surface area contributed by atoms with Crippen LogP contribution in [-0.4, -0.2) is 93.8 Å². The molecule has 248 valence electrons. The van der Waals surface area contributed by atoms with Gasteiger partial charge in [-0.15, -0.1) is 0 Å². The first-order chi connectivity index (χ1) is 22.4. The normalized spacial score (nSPS) is 20.6. The van der Waals surface area contributed by atoms with Gasteiger partial charge >= 0.3 is 12.2 Å². The summed E-state index contributed by atoms with van der Waals surface area (Å²) < 4.78 is 56.9. The van der Waals surface area contributed by atoms with Crippen molar-refractivity contribution in [1.29, 1.82) is 0 Å². The number of fused-ring (bicyclic) bond motifs is 2. The number of rotatable bonds is 7. The number of ether oxygens (including phenoxy) is 2. The van der Waals surface area contributed by atoms with E-state index < -0.39 is 29.6 Å². The Kier molecular flexibility index (Phi) is 8.55. The number of methoxy groups -OCH3 is 1. The number of halogens is 3. The molecular weight excluding hydrogens is 615 g/mol. The zero-order valence-corrected chi connectivity index (χ0v) is 26.6. The monoisotopic (exact) mass is 651 g/mol. The number of alkyl halides is 3. The molecule has 0 spiro atoms. The van der Waals surface area contributed by atoms with Crippen molar-refractivity contribution in [2.75, 3.05) is 45.3 Å². The summed E-state index contributed by atoms with van der Waals surface area (Å²) in [6.45, 7) is 8.87. The maximum absolute atomic E-state index is 14.9. The molecule has 14 heteroatoms. The van der Waals surface area contributed by atoms with Gasteiger partial charge in [-0.05, 0) is 57.8 Å². The fourth-order valence-corrected chi connectivity index (χ4v) is 6.67. The largest absolute Gasteiger partial charge is 0.497 e. The van der Waals surface area contributed by atoms with Crippen LogP contribution in [0.2, 0.25) is 0 Å². The van der Waals surface area contributed by atoms with Crippen LogP contribution in [0.4, 0.5) is 19.0 Å². The molecule has 2 aromatic heterocycles. The first kappa shape index (κ1) is 32.2. The summed E-state index contributed by atoms with van der Waals surface area (Å²) in [5.74, 6) is -1.39. The van der Waals surface area contributed by atoms with Crippen molar-refractivity contribution in [3.63, 3.8) is 0 Å². The smallest absolute Gasteiger partial charge is 0.450 e. The second-order valence-electron chi connectivity index (χ2n) is 12.1. The molecule has 2 aromatic carbocycles. The molecule has 0 saturated carbocycles. The summed E-state index contributed by atoms with van der Waals surface area (Å²) in [5, 5.41) is 0.965. The lowest BCUT2D eigenvalue weighted by atomic mass is 10.1. The zero-order valence-electron chi connectivity index (χ0n) is 26.6. The summed E-state index contributed by atoms with van der Waals surface area (Å²) >= 11 is 0. The third-order valence-corrected chi connectivity index (χ3v) is 8.95.